The summed E-state index contributed by atoms with van der Waals surface area (Å²) in [4.78, 5) is 28.2. The van der Waals surface area contributed by atoms with Crippen LogP contribution in [0.5, 0.6) is 0 Å². The molecule has 7 heteroatoms. The zero-order chi connectivity index (χ0) is 16.0. The monoisotopic (exact) mass is 367 g/mol. The third-order valence-electron chi connectivity index (χ3n) is 4.43. The maximum absolute atomic E-state index is 12.3. The fourth-order valence-corrected chi connectivity index (χ4v) is 3.30. The van der Waals surface area contributed by atoms with Gasteiger partial charge in [0.05, 0.1) is 11.1 Å². The average molecular weight is 368 g/mol. The van der Waals surface area contributed by atoms with Crippen LogP contribution < -0.4 is 10.6 Å². The maximum atomic E-state index is 12.3. The van der Waals surface area contributed by atoms with Gasteiger partial charge in [0.15, 0.2) is 0 Å². The Labute approximate surface area is 152 Å². The standard InChI is InChI=1S/C17H16ClN3O2.ClH.H2/c18-13-6-10-5-11(16(22)21-14-3-4-19-17(14)23)8-20-15(10)7-12(13)9-1-2-9;;/h5-9,14H,1-4H2,(H,19,23)(H,21,22);2*1H/t14-;;/m0../s1. The lowest BCUT2D eigenvalue weighted by Gasteiger charge is -2.11. The Hall–Kier alpha value is -1.85. The molecule has 2 fully saturated rings. The van der Waals surface area contributed by atoms with Crippen molar-refractivity contribution < 1.29 is 11.0 Å². The Bertz CT molecular complexity index is 827. The smallest absolute Gasteiger partial charge is 0.253 e. The molecule has 0 radical (unpaired) electrons. The zero-order valence-electron chi connectivity index (χ0n) is 12.8. The SMILES string of the molecule is Cl.O=C(N[C@H]1CCNC1=O)c1cnc2cc(C3CC3)c(Cl)cc2c1.[HH]. The molecule has 24 heavy (non-hydrogen) atoms. The van der Waals surface area contributed by atoms with Crippen molar-refractivity contribution in [2.45, 2.75) is 31.2 Å². The number of carbonyl (C=O) groups is 2. The molecule has 0 bridgehead atoms. The Morgan fingerprint density at radius 3 is 2.75 bits per heavy atom. The van der Waals surface area contributed by atoms with Crippen LogP contribution in [0, 0.1) is 0 Å². The summed E-state index contributed by atoms with van der Waals surface area (Å²) in [6.45, 7) is 0.597. The van der Waals surface area contributed by atoms with E-state index in [1.165, 1.54) is 12.8 Å². The quantitative estimate of drug-likeness (QED) is 0.875. The van der Waals surface area contributed by atoms with E-state index in [0.717, 1.165) is 21.5 Å². The first-order chi connectivity index (χ1) is 11.1. The second-order valence-electron chi connectivity index (χ2n) is 6.17. The van der Waals surface area contributed by atoms with Crippen LogP contribution in [-0.4, -0.2) is 29.4 Å². The molecule has 1 aromatic heterocycles. The van der Waals surface area contributed by atoms with Gasteiger partial charge in [0.2, 0.25) is 5.91 Å². The molecular weight excluding hydrogens is 349 g/mol. The van der Waals surface area contributed by atoms with Crippen molar-refractivity contribution >= 4 is 46.7 Å². The van der Waals surface area contributed by atoms with Crippen LogP contribution in [0.25, 0.3) is 10.9 Å². The fraction of sp³-hybridized carbons (Fsp3) is 0.353. The van der Waals surface area contributed by atoms with Gasteiger partial charge < -0.3 is 10.6 Å². The highest BCUT2D eigenvalue weighted by Gasteiger charge is 2.27. The summed E-state index contributed by atoms with van der Waals surface area (Å²) < 4.78 is 0. The predicted octanol–water partition coefficient (Wildman–Crippen LogP) is 3.05. The first-order valence-corrected chi connectivity index (χ1v) is 8.17. The molecule has 1 atom stereocenters. The maximum Gasteiger partial charge on any atom is 0.253 e. The summed E-state index contributed by atoms with van der Waals surface area (Å²) in [5.74, 6) is 0.130. The number of pyridine rings is 1. The van der Waals surface area contributed by atoms with E-state index in [-0.39, 0.29) is 25.6 Å². The number of rotatable bonds is 3. The highest BCUT2D eigenvalue weighted by atomic mass is 35.5. The molecular formula is C17H19Cl2N3O2. The topological polar surface area (TPSA) is 71.1 Å². The van der Waals surface area contributed by atoms with Crippen LogP contribution in [-0.2, 0) is 4.79 Å². The zero-order valence-corrected chi connectivity index (χ0v) is 14.4. The van der Waals surface area contributed by atoms with Crippen LogP contribution in [0.4, 0.5) is 0 Å². The van der Waals surface area contributed by atoms with Crippen molar-refractivity contribution in [3.8, 4) is 0 Å². The number of amides is 2. The van der Waals surface area contributed by atoms with Gasteiger partial charge in [0.25, 0.3) is 5.91 Å². The molecule has 4 rings (SSSR count). The summed E-state index contributed by atoms with van der Waals surface area (Å²) >= 11 is 6.35. The lowest BCUT2D eigenvalue weighted by atomic mass is 10.1. The highest BCUT2D eigenvalue weighted by Crippen LogP contribution is 2.44. The number of carbonyl (C=O) groups excluding carboxylic acids is 2. The summed E-state index contributed by atoms with van der Waals surface area (Å²) in [5, 5.41) is 7.01. The molecule has 5 nitrogen and oxygen atoms in total. The molecule has 1 aliphatic carbocycles. The van der Waals surface area contributed by atoms with Gasteiger partial charge in [-0.05, 0) is 48.9 Å². The third kappa shape index (κ3) is 3.19. The second-order valence-corrected chi connectivity index (χ2v) is 6.58. The van der Waals surface area contributed by atoms with Crippen LogP contribution in [0.15, 0.2) is 24.4 Å². The van der Waals surface area contributed by atoms with E-state index in [1.54, 1.807) is 12.3 Å². The fourth-order valence-electron chi connectivity index (χ4n) is 2.97. The molecule has 1 aliphatic heterocycles. The van der Waals surface area contributed by atoms with E-state index in [1.807, 2.05) is 12.1 Å². The number of nitrogens with zero attached hydrogens (tertiary/aromatic N) is 1. The van der Waals surface area contributed by atoms with Crippen LogP contribution in [0.3, 0.4) is 0 Å². The summed E-state index contributed by atoms with van der Waals surface area (Å²) in [6.07, 6.45) is 4.52. The molecule has 0 spiro atoms. The number of benzene rings is 1. The average Bonchev–Trinajstić information content (AvgIpc) is 3.30. The minimum atomic E-state index is -0.459. The van der Waals surface area contributed by atoms with Gasteiger partial charge in [0.1, 0.15) is 6.04 Å². The number of nitrogens with one attached hydrogen (secondary N) is 2. The minimum Gasteiger partial charge on any atom is -0.354 e. The summed E-state index contributed by atoms with van der Waals surface area (Å²) in [7, 11) is 0. The van der Waals surface area contributed by atoms with Crippen molar-refractivity contribution in [3.63, 3.8) is 0 Å². The van der Waals surface area contributed by atoms with Crippen molar-refractivity contribution in [3.05, 3.63) is 40.5 Å². The predicted molar refractivity (Wildman–Crippen MR) is 97.0 cm³/mol. The van der Waals surface area contributed by atoms with Gasteiger partial charge in [-0.2, -0.15) is 0 Å². The number of aromatic nitrogens is 1. The molecule has 1 aromatic carbocycles. The van der Waals surface area contributed by atoms with Crippen molar-refractivity contribution in [1.82, 2.24) is 15.6 Å². The number of hydrogen-bond acceptors (Lipinski definition) is 3. The Morgan fingerprint density at radius 2 is 2.08 bits per heavy atom. The molecule has 1 saturated carbocycles. The van der Waals surface area contributed by atoms with Gasteiger partial charge in [-0.1, -0.05) is 11.6 Å². The molecule has 2 aromatic rings. The minimum absolute atomic E-state index is 0. The first kappa shape index (κ1) is 17.0. The Kier molecular flexibility index (Phi) is 4.65. The molecule has 2 aliphatic rings. The van der Waals surface area contributed by atoms with Gasteiger partial charge >= 0.3 is 0 Å². The van der Waals surface area contributed by atoms with E-state index in [2.05, 4.69) is 15.6 Å². The largest absolute Gasteiger partial charge is 0.354 e. The van der Waals surface area contributed by atoms with Gasteiger partial charge in [-0.25, -0.2) is 0 Å². The van der Waals surface area contributed by atoms with Crippen molar-refractivity contribution in [2.75, 3.05) is 6.54 Å². The van der Waals surface area contributed by atoms with E-state index in [0.29, 0.717) is 24.4 Å². The first-order valence-electron chi connectivity index (χ1n) is 7.79. The van der Waals surface area contributed by atoms with E-state index in [9.17, 15) is 9.59 Å². The van der Waals surface area contributed by atoms with E-state index in [4.69, 9.17) is 11.6 Å². The Balaban J connectivity index is 0.00000113. The van der Waals surface area contributed by atoms with Crippen LogP contribution in [0.2, 0.25) is 5.02 Å². The van der Waals surface area contributed by atoms with Gasteiger partial charge in [0, 0.05) is 24.6 Å². The lowest BCUT2D eigenvalue weighted by Crippen LogP contribution is -2.40. The highest BCUT2D eigenvalue weighted by molar-refractivity contribution is 6.32. The molecule has 128 valence electrons. The second kappa shape index (κ2) is 6.57. The number of halogens is 2. The normalized spacial score (nSPS) is 19.7. The number of hydrogen-bond donors (Lipinski definition) is 2. The van der Waals surface area contributed by atoms with Gasteiger partial charge in [-0.15, -0.1) is 12.4 Å². The molecule has 2 amide bonds. The van der Waals surface area contributed by atoms with Crippen molar-refractivity contribution in [1.29, 1.82) is 0 Å². The number of fused-ring (bicyclic) bond motifs is 1. The molecule has 2 N–H and O–H groups in total. The Morgan fingerprint density at radius 1 is 1.29 bits per heavy atom. The molecule has 0 unspecified atom stereocenters. The van der Waals surface area contributed by atoms with E-state index >= 15 is 0 Å². The summed E-state index contributed by atoms with van der Waals surface area (Å²) in [6, 6.07) is 5.20. The van der Waals surface area contributed by atoms with E-state index < -0.39 is 6.04 Å². The third-order valence-corrected chi connectivity index (χ3v) is 4.76. The molecule has 2 heterocycles. The lowest BCUT2D eigenvalue weighted by molar-refractivity contribution is -0.120. The molecule has 1 saturated heterocycles. The van der Waals surface area contributed by atoms with Gasteiger partial charge in [-0.3, -0.25) is 14.6 Å². The van der Waals surface area contributed by atoms with Crippen LogP contribution in [0.1, 0.15) is 42.5 Å². The van der Waals surface area contributed by atoms with Crippen molar-refractivity contribution in [2.24, 2.45) is 0 Å². The summed E-state index contributed by atoms with van der Waals surface area (Å²) in [5.41, 5.74) is 2.42. The van der Waals surface area contributed by atoms with Crippen LogP contribution >= 0.6 is 24.0 Å².